The highest BCUT2D eigenvalue weighted by molar-refractivity contribution is 5.27. The summed E-state index contributed by atoms with van der Waals surface area (Å²) in [5.41, 5.74) is 3.77. The van der Waals surface area contributed by atoms with E-state index in [1.54, 1.807) is 0 Å². The molecule has 3 nitrogen and oxygen atoms in total. The van der Waals surface area contributed by atoms with Gasteiger partial charge < -0.3 is 5.32 Å². The summed E-state index contributed by atoms with van der Waals surface area (Å²) in [4.78, 5) is 0. The van der Waals surface area contributed by atoms with Gasteiger partial charge in [-0.2, -0.15) is 5.10 Å². The standard InChI is InChI=1S/C11H19N3/c1-8-11(9(2)14-13-8)10-6-4-3-5-7-12-10/h10,12H,3-7H2,1-2H3,(H,13,14)/t10-/m1/s1. The van der Waals surface area contributed by atoms with Gasteiger partial charge in [0, 0.05) is 17.3 Å². The Morgan fingerprint density at radius 3 is 2.79 bits per heavy atom. The molecule has 1 aliphatic heterocycles. The van der Waals surface area contributed by atoms with E-state index in [1.807, 2.05) is 0 Å². The molecule has 1 atom stereocenters. The number of nitrogens with one attached hydrogen (secondary N) is 2. The Hall–Kier alpha value is -0.830. The van der Waals surface area contributed by atoms with Crippen LogP contribution in [0.2, 0.25) is 0 Å². The van der Waals surface area contributed by atoms with E-state index in [0.29, 0.717) is 6.04 Å². The van der Waals surface area contributed by atoms with Crippen LogP contribution >= 0.6 is 0 Å². The summed E-state index contributed by atoms with van der Waals surface area (Å²) in [6, 6.07) is 0.524. The summed E-state index contributed by atoms with van der Waals surface area (Å²) >= 11 is 0. The van der Waals surface area contributed by atoms with Crippen molar-refractivity contribution in [2.75, 3.05) is 6.54 Å². The number of hydrogen-bond acceptors (Lipinski definition) is 2. The molecular weight excluding hydrogens is 174 g/mol. The van der Waals surface area contributed by atoms with Crippen LogP contribution in [0.4, 0.5) is 0 Å². The van der Waals surface area contributed by atoms with Gasteiger partial charge in [-0.05, 0) is 33.2 Å². The zero-order valence-corrected chi connectivity index (χ0v) is 9.06. The minimum Gasteiger partial charge on any atom is -0.310 e. The molecule has 0 aromatic carbocycles. The largest absolute Gasteiger partial charge is 0.310 e. The minimum atomic E-state index is 0.524. The fourth-order valence-electron chi connectivity index (χ4n) is 2.35. The minimum absolute atomic E-state index is 0.524. The van der Waals surface area contributed by atoms with Crippen molar-refractivity contribution < 1.29 is 0 Å². The Morgan fingerprint density at radius 1 is 1.21 bits per heavy atom. The van der Waals surface area contributed by atoms with Gasteiger partial charge in [-0.1, -0.05) is 12.8 Å². The van der Waals surface area contributed by atoms with Gasteiger partial charge in [-0.25, -0.2) is 0 Å². The molecule has 3 heteroatoms. The number of aryl methyl sites for hydroxylation is 2. The van der Waals surface area contributed by atoms with E-state index < -0.39 is 0 Å². The highest BCUT2D eigenvalue weighted by Crippen LogP contribution is 2.26. The van der Waals surface area contributed by atoms with E-state index in [0.717, 1.165) is 12.2 Å². The zero-order valence-electron chi connectivity index (χ0n) is 9.06. The van der Waals surface area contributed by atoms with E-state index >= 15 is 0 Å². The van der Waals surface area contributed by atoms with Gasteiger partial charge in [0.15, 0.2) is 0 Å². The molecule has 1 aromatic heterocycles. The molecule has 2 heterocycles. The van der Waals surface area contributed by atoms with E-state index in [1.165, 1.54) is 36.9 Å². The Morgan fingerprint density at radius 2 is 2.07 bits per heavy atom. The van der Waals surface area contributed by atoms with Gasteiger partial charge in [0.25, 0.3) is 0 Å². The Balaban J connectivity index is 2.19. The quantitative estimate of drug-likeness (QED) is 0.718. The van der Waals surface area contributed by atoms with Crippen LogP contribution in [0.3, 0.4) is 0 Å². The first kappa shape index (κ1) is 9.71. The molecule has 1 aromatic rings. The van der Waals surface area contributed by atoms with Crippen molar-refractivity contribution in [2.45, 2.75) is 45.6 Å². The maximum atomic E-state index is 4.26. The monoisotopic (exact) mass is 193 g/mol. The van der Waals surface area contributed by atoms with Crippen molar-refractivity contribution in [3.63, 3.8) is 0 Å². The predicted octanol–water partition coefficient (Wildman–Crippen LogP) is 2.23. The normalized spacial score (nSPS) is 23.4. The third-order valence-electron chi connectivity index (χ3n) is 3.09. The summed E-state index contributed by atoms with van der Waals surface area (Å²) in [7, 11) is 0. The van der Waals surface area contributed by atoms with Crippen LogP contribution in [0.5, 0.6) is 0 Å². The van der Waals surface area contributed by atoms with Crippen LogP contribution in [-0.4, -0.2) is 16.7 Å². The fourth-order valence-corrected chi connectivity index (χ4v) is 2.35. The average Bonchev–Trinajstić information content (AvgIpc) is 2.45. The predicted molar refractivity (Wildman–Crippen MR) is 57.3 cm³/mol. The Labute approximate surface area is 85.3 Å². The van der Waals surface area contributed by atoms with Crippen LogP contribution in [-0.2, 0) is 0 Å². The first-order valence-electron chi connectivity index (χ1n) is 5.54. The highest BCUT2D eigenvalue weighted by Gasteiger charge is 2.19. The molecule has 0 radical (unpaired) electrons. The lowest BCUT2D eigenvalue weighted by Crippen LogP contribution is -2.21. The Kier molecular flexibility index (Phi) is 2.87. The summed E-state index contributed by atoms with van der Waals surface area (Å²) in [5.74, 6) is 0. The molecule has 0 bridgehead atoms. The molecule has 0 unspecified atom stereocenters. The molecule has 2 rings (SSSR count). The van der Waals surface area contributed by atoms with Crippen LogP contribution in [0.1, 0.15) is 48.7 Å². The summed E-state index contributed by atoms with van der Waals surface area (Å²) in [6.45, 7) is 5.35. The molecule has 0 amide bonds. The lowest BCUT2D eigenvalue weighted by molar-refractivity contribution is 0.530. The van der Waals surface area contributed by atoms with E-state index in [-0.39, 0.29) is 0 Å². The van der Waals surface area contributed by atoms with E-state index in [9.17, 15) is 0 Å². The van der Waals surface area contributed by atoms with Crippen LogP contribution in [0.15, 0.2) is 0 Å². The number of aromatic nitrogens is 2. The first-order chi connectivity index (χ1) is 6.79. The lowest BCUT2D eigenvalue weighted by atomic mass is 10.0. The second-order valence-electron chi connectivity index (χ2n) is 4.20. The number of rotatable bonds is 1. The zero-order chi connectivity index (χ0) is 9.97. The number of hydrogen-bond donors (Lipinski definition) is 2. The summed E-state index contributed by atoms with van der Waals surface area (Å²) < 4.78 is 0. The molecular formula is C11H19N3. The smallest absolute Gasteiger partial charge is 0.0641 e. The van der Waals surface area contributed by atoms with Gasteiger partial charge in [-0.15, -0.1) is 0 Å². The number of H-pyrrole nitrogens is 1. The molecule has 0 aliphatic carbocycles. The van der Waals surface area contributed by atoms with Crippen LogP contribution in [0, 0.1) is 13.8 Å². The third kappa shape index (κ3) is 1.82. The molecule has 1 aliphatic rings. The topological polar surface area (TPSA) is 40.7 Å². The molecule has 1 saturated heterocycles. The maximum absolute atomic E-state index is 4.26. The van der Waals surface area contributed by atoms with Crippen molar-refractivity contribution in [2.24, 2.45) is 0 Å². The maximum Gasteiger partial charge on any atom is 0.0641 e. The van der Waals surface area contributed by atoms with Gasteiger partial charge >= 0.3 is 0 Å². The molecule has 2 N–H and O–H groups in total. The lowest BCUT2D eigenvalue weighted by Gasteiger charge is -2.16. The fraction of sp³-hybridized carbons (Fsp3) is 0.727. The first-order valence-corrected chi connectivity index (χ1v) is 5.54. The van der Waals surface area contributed by atoms with E-state index in [4.69, 9.17) is 0 Å². The van der Waals surface area contributed by atoms with Crippen molar-refractivity contribution in [1.82, 2.24) is 15.5 Å². The van der Waals surface area contributed by atoms with Crippen molar-refractivity contribution >= 4 is 0 Å². The molecule has 78 valence electrons. The SMILES string of the molecule is Cc1n[nH]c(C)c1[C@H]1CCCCCN1. The second kappa shape index (κ2) is 4.13. The van der Waals surface area contributed by atoms with Crippen molar-refractivity contribution in [3.8, 4) is 0 Å². The van der Waals surface area contributed by atoms with Crippen LogP contribution < -0.4 is 5.32 Å². The van der Waals surface area contributed by atoms with Crippen LogP contribution in [0.25, 0.3) is 0 Å². The summed E-state index contributed by atoms with van der Waals surface area (Å²) in [5, 5.41) is 10.9. The average molecular weight is 193 g/mol. The molecule has 0 saturated carbocycles. The van der Waals surface area contributed by atoms with E-state index in [2.05, 4.69) is 29.4 Å². The number of aromatic amines is 1. The Bertz CT molecular complexity index is 276. The van der Waals surface area contributed by atoms with Crippen molar-refractivity contribution in [3.05, 3.63) is 17.0 Å². The third-order valence-corrected chi connectivity index (χ3v) is 3.09. The van der Waals surface area contributed by atoms with Gasteiger partial charge in [0.2, 0.25) is 0 Å². The molecule has 1 fully saturated rings. The van der Waals surface area contributed by atoms with Gasteiger partial charge in [0.1, 0.15) is 0 Å². The van der Waals surface area contributed by atoms with Crippen molar-refractivity contribution in [1.29, 1.82) is 0 Å². The second-order valence-corrected chi connectivity index (χ2v) is 4.20. The summed E-state index contributed by atoms with van der Waals surface area (Å²) in [6.07, 6.45) is 5.26. The highest BCUT2D eigenvalue weighted by atomic mass is 15.1. The van der Waals surface area contributed by atoms with Gasteiger partial charge in [-0.3, -0.25) is 5.10 Å². The van der Waals surface area contributed by atoms with Gasteiger partial charge in [0.05, 0.1) is 5.69 Å². The number of nitrogens with zero attached hydrogens (tertiary/aromatic N) is 1. The molecule has 14 heavy (non-hydrogen) atoms. The molecule has 0 spiro atoms.